The normalized spacial score (nSPS) is 16.7. The first-order valence-corrected chi connectivity index (χ1v) is 6.89. The molecule has 2 heterocycles. The summed E-state index contributed by atoms with van der Waals surface area (Å²) < 4.78 is 1.29. The fraction of sp³-hybridized carbons (Fsp3) is 0.667. The number of amides is 1. The van der Waals surface area contributed by atoms with Crippen LogP contribution >= 0.6 is 0 Å². The minimum absolute atomic E-state index is 0.00778. The summed E-state index contributed by atoms with van der Waals surface area (Å²) in [5.74, 6) is -0.355. The van der Waals surface area contributed by atoms with Crippen LogP contribution in [0.5, 0.6) is 0 Å². The summed E-state index contributed by atoms with van der Waals surface area (Å²) in [6.45, 7) is 3.58. The van der Waals surface area contributed by atoms with Gasteiger partial charge in [-0.15, -0.1) is 0 Å². The Balaban J connectivity index is 1.89. The second-order valence-electron chi connectivity index (χ2n) is 4.93. The number of aliphatic hydroxyl groups is 1. The van der Waals surface area contributed by atoms with Gasteiger partial charge in [0, 0.05) is 26.2 Å². The standard InChI is InChI=1S/C12H19N5O4/c18-9-8-14-3-1-4-15(7-6-14)12(19)10-16-5-2-11(13-16)17(20)21/h2,5,18H,1,3-4,6-10H2. The second-order valence-corrected chi connectivity index (χ2v) is 4.93. The first-order valence-electron chi connectivity index (χ1n) is 6.89. The fourth-order valence-electron chi connectivity index (χ4n) is 2.36. The highest BCUT2D eigenvalue weighted by Crippen LogP contribution is 2.07. The van der Waals surface area contributed by atoms with Crippen molar-refractivity contribution in [2.75, 3.05) is 39.3 Å². The lowest BCUT2D eigenvalue weighted by Gasteiger charge is -2.21. The van der Waals surface area contributed by atoms with Crippen molar-refractivity contribution >= 4 is 11.7 Å². The highest BCUT2D eigenvalue weighted by Gasteiger charge is 2.21. The van der Waals surface area contributed by atoms with Crippen LogP contribution in [0.25, 0.3) is 0 Å². The molecular formula is C12H19N5O4. The Morgan fingerprint density at radius 3 is 2.86 bits per heavy atom. The van der Waals surface area contributed by atoms with Gasteiger partial charge in [0.1, 0.15) is 6.54 Å². The number of hydrogen-bond acceptors (Lipinski definition) is 6. The summed E-state index contributed by atoms with van der Waals surface area (Å²) >= 11 is 0. The number of nitrogens with zero attached hydrogens (tertiary/aromatic N) is 5. The number of carbonyl (C=O) groups excluding carboxylic acids is 1. The second kappa shape index (κ2) is 7.14. The van der Waals surface area contributed by atoms with Crippen LogP contribution in [0.15, 0.2) is 12.3 Å². The van der Waals surface area contributed by atoms with Crippen LogP contribution in [0.3, 0.4) is 0 Å². The molecule has 0 unspecified atom stereocenters. The van der Waals surface area contributed by atoms with Crippen LogP contribution in [0, 0.1) is 10.1 Å². The van der Waals surface area contributed by atoms with Crippen LogP contribution in [0.1, 0.15) is 6.42 Å². The van der Waals surface area contributed by atoms with Gasteiger partial charge in [-0.2, -0.15) is 4.68 Å². The van der Waals surface area contributed by atoms with Gasteiger partial charge < -0.3 is 20.1 Å². The minimum atomic E-state index is -0.584. The summed E-state index contributed by atoms with van der Waals surface area (Å²) in [5.41, 5.74) is 0. The molecule has 1 aromatic heterocycles. The van der Waals surface area contributed by atoms with E-state index in [1.54, 1.807) is 4.90 Å². The highest BCUT2D eigenvalue weighted by atomic mass is 16.6. The average molecular weight is 297 g/mol. The van der Waals surface area contributed by atoms with Crippen LogP contribution in [0.2, 0.25) is 0 Å². The molecule has 9 heteroatoms. The molecule has 1 aliphatic heterocycles. The number of aromatic nitrogens is 2. The van der Waals surface area contributed by atoms with Crippen LogP contribution in [-0.2, 0) is 11.3 Å². The number of hydrogen-bond donors (Lipinski definition) is 1. The molecule has 1 saturated heterocycles. The maximum atomic E-state index is 12.2. The van der Waals surface area contributed by atoms with E-state index in [0.29, 0.717) is 19.6 Å². The molecule has 1 amide bonds. The molecule has 0 radical (unpaired) electrons. The minimum Gasteiger partial charge on any atom is -0.395 e. The summed E-state index contributed by atoms with van der Waals surface area (Å²) in [7, 11) is 0. The summed E-state index contributed by atoms with van der Waals surface area (Å²) in [5, 5.41) is 23.2. The number of rotatable bonds is 5. The molecule has 1 N–H and O–H groups in total. The van der Waals surface area contributed by atoms with E-state index in [9.17, 15) is 14.9 Å². The lowest BCUT2D eigenvalue weighted by Crippen LogP contribution is -2.37. The zero-order chi connectivity index (χ0) is 15.2. The third-order valence-corrected chi connectivity index (χ3v) is 3.47. The van der Waals surface area contributed by atoms with E-state index < -0.39 is 4.92 Å². The average Bonchev–Trinajstić information content (AvgIpc) is 2.78. The molecule has 1 fully saturated rings. The Hall–Kier alpha value is -2.00. The predicted octanol–water partition coefficient (Wildman–Crippen LogP) is -0.682. The van der Waals surface area contributed by atoms with Gasteiger partial charge in [-0.05, 0) is 17.9 Å². The van der Waals surface area contributed by atoms with Gasteiger partial charge in [0.25, 0.3) is 0 Å². The van der Waals surface area contributed by atoms with Gasteiger partial charge in [0.2, 0.25) is 5.91 Å². The maximum Gasteiger partial charge on any atom is 0.389 e. The topological polar surface area (TPSA) is 105 Å². The van der Waals surface area contributed by atoms with Crippen molar-refractivity contribution < 1.29 is 14.8 Å². The molecule has 9 nitrogen and oxygen atoms in total. The molecule has 0 aliphatic carbocycles. The van der Waals surface area contributed by atoms with E-state index in [0.717, 1.165) is 19.5 Å². The van der Waals surface area contributed by atoms with Crippen LogP contribution in [0.4, 0.5) is 5.82 Å². The molecule has 1 aliphatic rings. The third-order valence-electron chi connectivity index (χ3n) is 3.47. The lowest BCUT2D eigenvalue weighted by molar-refractivity contribution is -0.389. The zero-order valence-corrected chi connectivity index (χ0v) is 11.7. The Morgan fingerprint density at radius 1 is 1.38 bits per heavy atom. The van der Waals surface area contributed by atoms with E-state index in [1.807, 2.05) is 0 Å². The smallest absolute Gasteiger partial charge is 0.389 e. The largest absolute Gasteiger partial charge is 0.395 e. The van der Waals surface area contributed by atoms with Gasteiger partial charge in [-0.25, -0.2) is 0 Å². The molecular weight excluding hydrogens is 278 g/mol. The molecule has 1 aromatic rings. The predicted molar refractivity (Wildman–Crippen MR) is 73.6 cm³/mol. The Morgan fingerprint density at radius 2 is 2.19 bits per heavy atom. The summed E-state index contributed by atoms with van der Waals surface area (Å²) in [4.78, 5) is 26.0. The van der Waals surface area contributed by atoms with Crippen molar-refractivity contribution in [1.29, 1.82) is 0 Å². The number of aliphatic hydroxyl groups excluding tert-OH is 1. The Bertz CT molecular complexity index is 504. The first kappa shape index (κ1) is 15.4. The van der Waals surface area contributed by atoms with Gasteiger partial charge in [-0.1, -0.05) is 0 Å². The van der Waals surface area contributed by atoms with Gasteiger partial charge in [0.05, 0.1) is 24.0 Å². The van der Waals surface area contributed by atoms with E-state index in [-0.39, 0.29) is 24.9 Å². The molecule has 0 aromatic carbocycles. The van der Waals surface area contributed by atoms with E-state index >= 15 is 0 Å². The van der Waals surface area contributed by atoms with Crippen molar-refractivity contribution in [2.24, 2.45) is 0 Å². The maximum absolute atomic E-state index is 12.2. The fourth-order valence-corrected chi connectivity index (χ4v) is 2.36. The summed E-state index contributed by atoms with van der Waals surface area (Å²) in [6, 6.07) is 1.28. The number of nitro groups is 1. The lowest BCUT2D eigenvalue weighted by atomic mass is 10.3. The Kier molecular flexibility index (Phi) is 5.23. The van der Waals surface area contributed by atoms with Crippen LogP contribution < -0.4 is 0 Å². The van der Waals surface area contributed by atoms with Gasteiger partial charge >= 0.3 is 5.82 Å². The quantitative estimate of drug-likeness (QED) is 0.570. The first-order chi connectivity index (χ1) is 10.1. The molecule has 0 bridgehead atoms. The third kappa shape index (κ3) is 4.23. The van der Waals surface area contributed by atoms with E-state index in [2.05, 4.69) is 10.00 Å². The zero-order valence-electron chi connectivity index (χ0n) is 11.7. The summed E-state index contributed by atoms with van der Waals surface area (Å²) in [6.07, 6.45) is 2.29. The molecule has 116 valence electrons. The molecule has 0 atom stereocenters. The van der Waals surface area contributed by atoms with E-state index in [4.69, 9.17) is 5.11 Å². The van der Waals surface area contributed by atoms with E-state index in [1.165, 1.54) is 16.9 Å². The van der Waals surface area contributed by atoms with Gasteiger partial charge in [-0.3, -0.25) is 9.69 Å². The van der Waals surface area contributed by atoms with Crippen LogP contribution in [-0.4, -0.2) is 74.8 Å². The van der Waals surface area contributed by atoms with Gasteiger partial charge in [0.15, 0.2) is 0 Å². The molecule has 0 saturated carbocycles. The number of β-amino-alcohol motifs (C(OH)–C–C–N with tert-alkyl or cyclic N) is 1. The Labute approximate surface area is 121 Å². The van der Waals surface area contributed by atoms with Crippen molar-refractivity contribution in [2.45, 2.75) is 13.0 Å². The molecule has 2 rings (SSSR count). The number of carbonyl (C=O) groups is 1. The molecule has 21 heavy (non-hydrogen) atoms. The van der Waals surface area contributed by atoms with Crippen molar-refractivity contribution in [3.63, 3.8) is 0 Å². The molecule has 0 spiro atoms. The SMILES string of the molecule is O=C(Cn1ccc([N+](=O)[O-])n1)N1CCCN(CCO)CC1. The van der Waals surface area contributed by atoms with Crippen molar-refractivity contribution in [3.05, 3.63) is 22.4 Å². The monoisotopic (exact) mass is 297 g/mol. The van der Waals surface area contributed by atoms with Crippen molar-refractivity contribution in [1.82, 2.24) is 19.6 Å². The highest BCUT2D eigenvalue weighted by molar-refractivity contribution is 5.76. The van der Waals surface area contributed by atoms with Crippen molar-refractivity contribution in [3.8, 4) is 0 Å².